The summed E-state index contributed by atoms with van der Waals surface area (Å²) in [7, 11) is 4.25. The first-order valence-corrected chi connectivity index (χ1v) is 9.16. The molecular formula is C20H26ClN2O2+. The lowest BCUT2D eigenvalue weighted by atomic mass is 9.64. The summed E-state index contributed by atoms with van der Waals surface area (Å²) in [5.41, 5.74) is 4.42. The molecule has 1 saturated carbocycles. The van der Waals surface area contributed by atoms with E-state index in [1.165, 1.54) is 18.4 Å². The van der Waals surface area contributed by atoms with Crippen molar-refractivity contribution in [2.45, 2.75) is 37.6 Å². The topological polar surface area (TPSA) is 40.5 Å². The fourth-order valence-electron chi connectivity index (χ4n) is 5.95. The van der Waals surface area contributed by atoms with Crippen molar-refractivity contribution in [1.82, 2.24) is 9.55 Å². The van der Waals surface area contributed by atoms with Crippen LogP contribution in [0.5, 0.6) is 0 Å². The number of likely N-dealkylation sites (N-methyl/N-ethyl adjacent to an activating group) is 1. The second-order valence-corrected chi connectivity index (χ2v) is 8.22. The average molecular weight is 362 g/mol. The van der Waals surface area contributed by atoms with Gasteiger partial charge in [0.05, 0.1) is 6.04 Å². The van der Waals surface area contributed by atoms with Crippen molar-refractivity contribution in [2.75, 3.05) is 20.6 Å². The van der Waals surface area contributed by atoms with E-state index < -0.39 is 0 Å². The highest BCUT2D eigenvalue weighted by Gasteiger charge is 2.62. The summed E-state index contributed by atoms with van der Waals surface area (Å²) >= 11 is 0. The van der Waals surface area contributed by atoms with Crippen LogP contribution in [-0.4, -0.2) is 42.6 Å². The summed E-state index contributed by atoms with van der Waals surface area (Å²) in [6, 6.07) is 8.37. The van der Waals surface area contributed by atoms with Gasteiger partial charge in [0.2, 0.25) is 0 Å². The van der Waals surface area contributed by atoms with Crippen molar-refractivity contribution in [1.29, 1.82) is 0 Å². The Balaban J connectivity index is 0.00000157. The molecule has 0 aromatic heterocycles. The lowest BCUT2D eigenvalue weighted by Gasteiger charge is -2.49. The summed E-state index contributed by atoms with van der Waals surface area (Å²) in [4.78, 5) is 15.2. The Morgan fingerprint density at radius 3 is 2.72 bits per heavy atom. The van der Waals surface area contributed by atoms with Gasteiger partial charge in [0.25, 0.3) is 0 Å². The first-order chi connectivity index (χ1) is 11.5. The summed E-state index contributed by atoms with van der Waals surface area (Å²) in [6.07, 6.45) is 4.15. The molecule has 5 heteroatoms. The Bertz CT molecular complexity index is 775. The maximum absolute atomic E-state index is 13.0. The number of benzene rings is 1. The van der Waals surface area contributed by atoms with Gasteiger partial charge in [-0.2, -0.15) is 0 Å². The van der Waals surface area contributed by atoms with Gasteiger partial charge >= 0.3 is 0 Å². The third kappa shape index (κ3) is 2.08. The highest BCUT2D eigenvalue weighted by atomic mass is 35.5. The van der Waals surface area contributed by atoms with Crippen molar-refractivity contribution in [3.05, 3.63) is 41.1 Å². The fourth-order valence-corrected chi connectivity index (χ4v) is 5.95. The number of para-hydroxylation sites is 1. The van der Waals surface area contributed by atoms with E-state index in [0.29, 0.717) is 36.6 Å². The van der Waals surface area contributed by atoms with Crippen LogP contribution < -0.4 is 4.65 Å². The lowest BCUT2D eigenvalue weighted by Crippen LogP contribution is -2.61. The first kappa shape index (κ1) is 17.2. The molecule has 0 radical (unpaired) electrons. The van der Waals surface area contributed by atoms with Crippen LogP contribution in [0.2, 0.25) is 0 Å². The molecule has 25 heavy (non-hydrogen) atoms. The SMILES string of the molecule is CN(C)C1C[N+]2(O)C3=C4C(CCCC41)CC(=O)C3c1ccccc12.Cl. The number of rotatable bonds is 1. The molecule has 1 aromatic rings. The minimum Gasteiger partial charge on any atom is -0.301 e. The van der Waals surface area contributed by atoms with Crippen molar-refractivity contribution in [3.63, 3.8) is 0 Å². The number of halogens is 1. The van der Waals surface area contributed by atoms with Crippen molar-refractivity contribution < 1.29 is 10.0 Å². The van der Waals surface area contributed by atoms with Gasteiger partial charge in [-0.3, -0.25) is 4.79 Å². The number of hydroxylamine groups is 2. The van der Waals surface area contributed by atoms with E-state index in [2.05, 4.69) is 19.0 Å². The predicted molar refractivity (Wildman–Crippen MR) is 99.8 cm³/mol. The van der Waals surface area contributed by atoms with Gasteiger partial charge in [-0.25, -0.2) is 5.21 Å². The molecule has 2 aliphatic carbocycles. The van der Waals surface area contributed by atoms with Crippen LogP contribution in [-0.2, 0) is 4.79 Å². The Morgan fingerprint density at radius 1 is 1.20 bits per heavy atom. The van der Waals surface area contributed by atoms with Crippen molar-refractivity contribution in [3.8, 4) is 0 Å². The van der Waals surface area contributed by atoms with Gasteiger partial charge in [-0.1, -0.05) is 24.6 Å². The molecule has 4 aliphatic rings. The molecular weight excluding hydrogens is 336 g/mol. The van der Waals surface area contributed by atoms with Crippen LogP contribution in [0, 0.1) is 11.8 Å². The van der Waals surface area contributed by atoms with Crippen LogP contribution in [0.1, 0.15) is 37.2 Å². The number of quaternary nitrogens is 1. The Hall–Kier alpha value is -1.20. The molecule has 1 N–H and O–H groups in total. The van der Waals surface area contributed by atoms with Crippen LogP contribution >= 0.6 is 12.4 Å². The number of ketones is 1. The van der Waals surface area contributed by atoms with E-state index in [0.717, 1.165) is 23.4 Å². The van der Waals surface area contributed by atoms with E-state index in [9.17, 15) is 10.0 Å². The van der Waals surface area contributed by atoms with Crippen molar-refractivity contribution >= 4 is 23.9 Å². The standard InChI is InChI=1S/C20H25N2O2.ClH/c1-21(2)15-11-22(24)16-9-4-3-7-14(16)19-17(23)10-12-6-5-8-13(15)18(12)20(19)22;/h3-4,7,9,12-13,15,19,24H,5-6,8,10-11H2,1-2H3;1H/q+1;. The molecule has 2 heterocycles. The van der Waals surface area contributed by atoms with Gasteiger partial charge in [0.1, 0.15) is 12.5 Å². The van der Waals surface area contributed by atoms with Gasteiger partial charge in [-0.15, -0.1) is 17.1 Å². The Labute approximate surface area is 155 Å². The molecule has 1 aromatic carbocycles. The summed E-state index contributed by atoms with van der Waals surface area (Å²) in [6.45, 7) is 0.657. The molecule has 0 saturated heterocycles. The molecule has 1 fully saturated rings. The summed E-state index contributed by atoms with van der Waals surface area (Å²) < 4.78 is -0.127. The van der Waals surface area contributed by atoms with E-state index in [4.69, 9.17) is 0 Å². The molecule has 5 unspecified atom stereocenters. The van der Waals surface area contributed by atoms with Crippen molar-refractivity contribution in [2.24, 2.45) is 11.8 Å². The molecule has 0 amide bonds. The van der Waals surface area contributed by atoms with E-state index >= 15 is 0 Å². The lowest BCUT2D eigenvalue weighted by molar-refractivity contribution is -0.125. The third-order valence-corrected chi connectivity index (χ3v) is 6.87. The van der Waals surface area contributed by atoms with Crippen LogP contribution in [0.3, 0.4) is 0 Å². The molecule has 134 valence electrons. The normalized spacial score (nSPS) is 38.3. The average Bonchev–Trinajstić information content (AvgIpc) is 2.84. The smallest absolute Gasteiger partial charge is 0.174 e. The quantitative estimate of drug-likeness (QED) is 0.778. The third-order valence-electron chi connectivity index (χ3n) is 6.87. The monoisotopic (exact) mass is 361 g/mol. The second-order valence-electron chi connectivity index (χ2n) is 8.22. The predicted octanol–water partition coefficient (Wildman–Crippen LogP) is 3.49. The highest BCUT2D eigenvalue weighted by Crippen LogP contribution is 2.59. The van der Waals surface area contributed by atoms with Gasteiger partial charge in [0.15, 0.2) is 17.2 Å². The maximum Gasteiger partial charge on any atom is 0.174 e. The second kappa shape index (κ2) is 5.65. The van der Waals surface area contributed by atoms with Gasteiger partial charge in [0, 0.05) is 24.0 Å². The number of hydrogen-bond donors (Lipinski definition) is 1. The number of carbonyl (C=O) groups excluding carboxylic acids is 1. The van der Waals surface area contributed by atoms with E-state index in [1.54, 1.807) is 0 Å². The minimum atomic E-state index is -0.207. The molecule has 5 rings (SSSR count). The number of allylic oxidation sites excluding steroid dienone is 1. The number of hydrogen-bond acceptors (Lipinski definition) is 3. The summed E-state index contributed by atoms with van der Waals surface area (Å²) in [5.74, 6) is 0.951. The molecule has 0 bridgehead atoms. The highest BCUT2D eigenvalue weighted by molar-refractivity contribution is 5.95. The molecule has 5 atom stereocenters. The van der Waals surface area contributed by atoms with E-state index in [1.807, 2.05) is 24.3 Å². The zero-order chi connectivity index (χ0) is 16.6. The maximum atomic E-state index is 13.0. The number of Topliss-reactive ketones (excluding diaryl/α,β-unsaturated/α-hetero) is 1. The van der Waals surface area contributed by atoms with E-state index in [-0.39, 0.29) is 23.0 Å². The minimum absolute atomic E-state index is 0. The largest absolute Gasteiger partial charge is 0.301 e. The van der Waals surface area contributed by atoms with Gasteiger partial charge in [-0.05, 0) is 38.4 Å². The number of fused-ring (bicyclic) bond motifs is 3. The van der Waals surface area contributed by atoms with Crippen LogP contribution in [0.15, 0.2) is 35.5 Å². The molecule has 4 nitrogen and oxygen atoms in total. The molecule has 2 aliphatic heterocycles. The van der Waals surface area contributed by atoms with Crippen LogP contribution in [0.4, 0.5) is 5.69 Å². The first-order valence-electron chi connectivity index (χ1n) is 9.16. The zero-order valence-electron chi connectivity index (χ0n) is 14.8. The number of carbonyl (C=O) groups is 1. The van der Waals surface area contributed by atoms with Gasteiger partial charge < -0.3 is 4.90 Å². The molecule has 0 spiro atoms. The summed E-state index contributed by atoms with van der Waals surface area (Å²) in [5, 5.41) is 11.8. The van der Waals surface area contributed by atoms with Crippen LogP contribution in [0.25, 0.3) is 0 Å². The Kier molecular flexibility index (Phi) is 3.89. The number of nitrogens with zero attached hydrogens (tertiary/aromatic N) is 2. The zero-order valence-corrected chi connectivity index (χ0v) is 15.6. The fraction of sp³-hybridized carbons (Fsp3) is 0.550. The Morgan fingerprint density at radius 2 is 1.96 bits per heavy atom.